The van der Waals surface area contributed by atoms with Crippen LogP contribution in [0.5, 0.6) is 5.75 Å². The summed E-state index contributed by atoms with van der Waals surface area (Å²) in [6.45, 7) is 5.70. The molecule has 0 saturated carbocycles. The van der Waals surface area contributed by atoms with Crippen LogP contribution in [-0.4, -0.2) is 16.7 Å². The molecule has 0 aliphatic carbocycles. The van der Waals surface area contributed by atoms with E-state index < -0.39 is 16.4 Å². The van der Waals surface area contributed by atoms with Crippen molar-refractivity contribution in [3.63, 3.8) is 0 Å². The molecule has 8 heteroatoms. The average molecular weight is 316 g/mol. The highest BCUT2D eigenvalue weighted by Gasteiger charge is 2.18. The molecule has 114 valence electrons. The van der Waals surface area contributed by atoms with Crippen molar-refractivity contribution in [3.8, 4) is 5.75 Å². The molecule has 0 atom stereocenters. The van der Waals surface area contributed by atoms with Crippen molar-refractivity contribution in [3.05, 3.63) is 45.0 Å². The molecule has 0 fully saturated rings. The molecule has 1 aromatic rings. The zero-order valence-electron chi connectivity index (χ0n) is 11.8. The molecule has 6 nitrogen and oxygen atoms in total. The van der Waals surface area contributed by atoms with Crippen LogP contribution in [0, 0.1) is 15.9 Å². The number of ether oxygens (including phenoxy) is 1. The zero-order valence-corrected chi connectivity index (χ0v) is 12.5. The number of allylic oxidation sites excluding steroid dienone is 1. The Morgan fingerprint density at radius 2 is 2.14 bits per heavy atom. The Balaban J connectivity index is 2.94. The van der Waals surface area contributed by atoms with Crippen molar-refractivity contribution >= 4 is 23.5 Å². The number of rotatable bonds is 4. The molecular formula is C13H15ClFN3O3. The molecule has 0 radical (unpaired) electrons. The number of nitro benzene ring substituents is 1. The second-order valence-corrected chi connectivity index (χ2v) is 5.52. The maximum atomic E-state index is 13.5. The van der Waals surface area contributed by atoms with Gasteiger partial charge in [0.15, 0.2) is 11.6 Å². The molecule has 0 aromatic heterocycles. The number of hydrogen-bond donors (Lipinski definition) is 1. The Kier molecular flexibility index (Phi) is 5.26. The molecule has 0 aliphatic heterocycles. The van der Waals surface area contributed by atoms with Crippen molar-refractivity contribution in [2.75, 3.05) is 0 Å². The molecule has 0 unspecified atom stereocenters. The van der Waals surface area contributed by atoms with Crippen molar-refractivity contribution in [2.45, 2.75) is 26.3 Å². The number of nitro groups is 1. The number of nitrogens with zero attached hydrogens (tertiary/aromatic N) is 2. The monoisotopic (exact) mass is 315 g/mol. The van der Waals surface area contributed by atoms with E-state index in [1.807, 2.05) is 20.8 Å². The van der Waals surface area contributed by atoms with E-state index in [1.54, 1.807) is 0 Å². The number of nitrogens with two attached hydrogens (primary N) is 1. The minimum absolute atomic E-state index is 0.0712. The van der Waals surface area contributed by atoms with E-state index in [-0.39, 0.29) is 22.2 Å². The summed E-state index contributed by atoms with van der Waals surface area (Å²) in [5.41, 5.74) is 4.58. The van der Waals surface area contributed by atoms with E-state index in [9.17, 15) is 14.5 Å². The Hall–Kier alpha value is -2.15. The number of halogens is 2. The summed E-state index contributed by atoms with van der Waals surface area (Å²) in [5.74, 6) is -1.24. The molecular weight excluding hydrogens is 301 g/mol. The minimum atomic E-state index is -1.06. The molecule has 0 spiro atoms. The molecule has 1 aromatic carbocycles. The van der Waals surface area contributed by atoms with E-state index >= 15 is 0 Å². The van der Waals surface area contributed by atoms with Gasteiger partial charge in [-0.2, -0.15) is 4.39 Å². The lowest BCUT2D eigenvalue weighted by atomic mass is 10.1. The first-order chi connectivity index (χ1) is 9.60. The van der Waals surface area contributed by atoms with Gasteiger partial charge in [-0.05, 0) is 20.8 Å². The topological polar surface area (TPSA) is 90.8 Å². The third kappa shape index (κ3) is 5.39. The molecule has 0 heterocycles. The SMILES string of the molecule is CC(C)(C)N=CC=C(N)Oc1cc(F)c([N+](=O)[O-])cc1Cl. The highest BCUT2D eigenvalue weighted by molar-refractivity contribution is 6.32. The van der Waals surface area contributed by atoms with Crippen LogP contribution in [0.1, 0.15) is 20.8 Å². The lowest BCUT2D eigenvalue weighted by Gasteiger charge is -2.10. The molecule has 0 bridgehead atoms. The number of benzene rings is 1. The maximum absolute atomic E-state index is 13.5. The van der Waals surface area contributed by atoms with E-state index in [0.717, 1.165) is 12.1 Å². The third-order valence-electron chi connectivity index (χ3n) is 2.13. The smallest absolute Gasteiger partial charge is 0.306 e. The molecule has 1 rings (SSSR count). The highest BCUT2D eigenvalue weighted by atomic mass is 35.5. The van der Waals surface area contributed by atoms with Crippen LogP contribution in [0.25, 0.3) is 0 Å². The Morgan fingerprint density at radius 3 is 2.67 bits per heavy atom. The number of aliphatic imine (C=N–C) groups is 1. The molecule has 0 amide bonds. The summed E-state index contributed by atoms with van der Waals surface area (Å²) in [6, 6.07) is 1.67. The highest BCUT2D eigenvalue weighted by Crippen LogP contribution is 2.32. The predicted molar refractivity (Wildman–Crippen MR) is 79.2 cm³/mol. The normalized spacial score (nSPS) is 12.7. The summed E-state index contributed by atoms with van der Waals surface area (Å²) in [5, 5.41) is 10.4. The van der Waals surface area contributed by atoms with Gasteiger partial charge in [0.05, 0.1) is 15.5 Å². The van der Waals surface area contributed by atoms with Crippen LogP contribution in [0.2, 0.25) is 5.02 Å². The fourth-order valence-corrected chi connectivity index (χ4v) is 1.43. The van der Waals surface area contributed by atoms with Gasteiger partial charge in [-0.15, -0.1) is 0 Å². The standard InChI is InChI=1S/C13H15ClFN3O3/c1-13(2,3)17-5-4-12(16)21-11-7-9(15)10(18(19)20)6-8(11)14/h4-7H,16H2,1-3H3. The molecule has 0 aliphatic rings. The van der Waals surface area contributed by atoms with E-state index in [2.05, 4.69) is 4.99 Å². The van der Waals surface area contributed by atoms with Gasteiger partial charge in [-0.25, -0.2) is 0 Å². The summed E-state index contributed by atoms with van der Waals surface area (Å²) in [6.07, 6.45) is 2.83. The first-order valence-corrected chi connectivity index (χ1v) is 6.30. The first kappa shape index (κ1) is 16.9. The maximum Gasteiger partial charge on any atom is 0.306 e. The van der Waals surface area contributed by atoms with Crippen molar-refractivity contribution in [1.82, 2.24) is 0 Å². The van der Waals surface area contributed by atoms with E-state index in [0.29, 0.717) is 0 Å². The first-order valence-electron chi connectivity index (χ1n) is 5.92. The van der Waals surface area contributed by atoms with Crippen LogP contribution in [0.3, 0.4) is 0 Å². The second-order valence-electron chi connectivity index (χ2n) is 5.11. The molecule has 21 heavy (non-hydrogen) atoms. The summed E-state index contributed by atoms with van der Waals surface area (Å²) in [7, 11) is 0. The fraction of sp³-hybridized carbons (Fsp3) is 0.308. The van der Waals surface area contributed by atoms with Gasteiger partial charge in [-0.3, -0.25) is 15.1 Å². The molecule has 0 saturated heterocycles. The zero-order chi connectivity index (χ0) is 16.2. The Bertz CT molecular complexity index is 609. The van der Waals surface area contributed by atoms with Crippen LogP contribution in [0.15, 0.2) is 29.1 Å². The van der Waals surface area contributed by atoms with E-state index in [4.69, 9.17) is 22.1 Å². The van der Waals surface area contributed by atoms with Gasteiger partial charge in [0.2, 0.25) is 5.82 Å². The number of hydrogen-bond acceptors (Lipinski definition) is 5. The summed E-state index contributed by atoms with van der Waals surface area (Å²) >= 11 is 5.78. The van der Waals surface area contributed by atoms with Gasteiger partial charge in [0.1, 0.15) is 0 Å². The average Bonchev–Trinajstić information content (AvgIpc) is 2.31. The quantitative estimate of drug-likeness (QED) is 0.399. The predicted octanol–water partition coefficient (Wildman–Crippen LogP) is 3.44. The van der Waals surface area contributed by atoms with Gasteiger partial charge in [-0.1, -0.05) is 11.6 Å². The Labute approximate surface area is 126 Å². The van der Waals surface area contributed by atoms with Crippen LogP contribution in [-0.2, 0) is 0 Å². The summed E-state index contributed by atoms with van der Waals surface area (Å²) < 4.78 is 18.6. The van der Waals surface area contributed by atoms with Gasteiger partial charge >= 0.3 is 5.69 Å². The minimum Gasteiger partial charge on any atom is -0.440 e. The second kappa shape index (κ2) is 6.53. The third-order valence-corrected chi connectivity index (χ3v) is 2.42. The van der Waals surface area contributed by atoms with Crippen molar-refractivity contribution in [1.29, 1.82) is 0 Å². The Morgan fingerprint density at radius 1 is 1.52 bits per heavy atom. The van der Waals surface area contributed by atoms with Gasteiger partial charge in [0.25, 0.3) is 0 Å². The largest absolute Gasteiger partial charge is 0.440 e. The van der Waals surface area contributed by atoms with Crippen molar-refractivity contribution in [2.24, 2.45) is 10.7 Å². The molecule has 2 N–H and O–H groups in total. The van der Waals surface area contributed by atoms with Gasteiger partial charge < -0.3 is 10.5 Å². The lowest BCUT2D eigenvalue weighted by molar-refractivity contribution is -0.387. The van der Waals surface area contributed by atoms with Crippen LogP contribution >= 0.6 is 11.6 Å². The van der Waals surface area contributed by atoms with E-state index in [1.165, 1.54) is 12.3 Å². The van der Waals surface area contributed by atoms with Gasteiger partial charge in [0, 0.05) is 24.4 Å². The van der Waals surface area contributed by atoms with Crippen LogP contribution in [0.4, 0.5) is 10.1 Å². The van der Waals surface area contributed by atoms with Crippen molar-refractivity contribution < 1.29 is 14.1 Å². The van der Waals surface area contributed by atoms with Crippen LogP contribution < -0.4 is 10.5 Å². The lowest BCUT2D eigenvalue weighted by Crippen LogP contribution is -2.10. The summed E-state index contributed by atoms with van der Waals surface area (Å²) in [4.78, 5) is 13.8. The fourth-order valence-electron chi connectivity index (χ4n) is 1.23.